The minimum Gasteiger partial charge on any atom is -0.197 e. The van der Waals surface area contributed by atoms with Crippen LogP contribution in [0.25, 0.3) is 0 Å². The van der Waals surface area contributed by atoms with Crippen molar-refractivity contribution in [2.45, 2.75) is 18.7 Å². The van der Waals surface area contributed by atoms with Crippen molar-refractivity contribution in [3.05, 3.63) is 29.3 Å². The van der Waals surface area contributed by atoms with Gasteiger partial charge >= 0.3 is 10.1 Å². The van der Waals surface area contributed by atoms with Crippen LogP contribution in [0.3, 0.4) is 0 Å². The van der Waals surface area contributed by atoms with E-state index in [2.05, 4.69) is 10.2 Å². The van der Waals surface area contributed by atoms with Crippen molar-refractivity contribution in [2.75, 3.05) is 0 Å². The smallest absolute Gasteiger partial charge is 0.197 e. The number of rotatable bonds is 2. The Hall–Kier alpha value is -0.910. The number of hydrogen-bond acceptors (Lipinski definition) is 4. The Labute approximate surface area is 77.4 Å². The van der Waals surface area contributed by atoms with Crippen LogP contribution in [0.15, 0.2) is 23.1 Å². The fourth-order valence-corrected chi connectivity index (χ4v) is 2.26. The maximum Gasteiger partial charge on any atom is 0.313 e. The molecule has 4 nitrogen and oxygen atoms in total. The number of nitrogens with two attached hydrogens (primary N) is 1. The number of hydrogen-bond donors (Lipinski definition) is 1. The summed E-state index contributed by atoms with van der Waals surface area (Å²) in [6.45, 7) is 3.39. The zero-order valence-electron chi connectivity index (χ0n) is 7.44. The van der Waals surface area contributed by atoms with Gasteiger partial charge in [-0.1, -0.05) is 18.2 Å². The van der Waals surface area contributed by atoms with Gasteiger partial charge in [0.1, 0.15) is 4.90 Å². The molecule has 0 amide bonds. The summed E-state index contributed by atoms with van der Waals surface area (Å²) in [4.78, 5) is 0.150. The predicted octanol–water partition coefficient (Wildman–Crippen LogP) is 0.882. The van der Waals surface area contributed by atoms with E-state index in [1.54, 1.807) is 32.0 Å². The molecular formula is C8H11NO3S. The second-order valence-corrected chi connectivity index (χ2v) is 4.28. The summed E-state index contributed by atoms with van der Waals surface area (Å²) in [6.07, 6.45) is 0. The molecule has 0 heterocycles. The molecule has 2 N–H and O–H groups in total. The molecule has 0 unspecified atom stereocenters. The predicted molar refractivity (Wildman–Crippen MR) is 48.4 cm³/mol. The monoisotopic (exact) mass is 201 g/mol. The zero-order chi connectivity index (χ0) is 10.1. The van der Waals surface area contributed by atoms with Gasteiger partial charge < -0.3 is 0 Å². The molecule has 0 aliphatic heterocycles. The normalized spacial score (nSPS) is 11.6. The molecule has 1 aromatic carbocycles. The van der Waals surface area contributed by atoms with Crippen LogP contribution >= 0.6 is 0 Å². The first-order valence-corrected chi connectivity index (χ1v) is 5.09. The molecule has 72 valence electrons. The molecule has 0 radical (unpaired) electrons. The fraction of sp³-hybridized carbons (Fsp3) is 0.250. The third-order valence-corrected chi connectivity index (χ3v) is 3.18. The summed E-state index contributed by atoms with van der Waals surface area (Å²) in [5, 5.41) is 0. The Bertz CT molecular complexity index is 391. The van der Waals surface area contributed by atoms with E-state index in [1.807, 2.05) is 0 Å². The Morgan fingerprint density at radius 3 is 2.08 bits per heavy atom. The molecule has 0 aliphatic carbocycles. The van der Waals surface area contributed by atoms with Gasteiger partial charge in [0.25, 0.3) is 0 Å². The fourth-order valence-electron chi connectivity index (χ4n) is 1.24. The summed E-state index contributed by atoms with van der Waals surface area (Å²) in [7, 11) is -3.78. The van der Waals surface area contributed by atoms with Crippen molar-refractivity contribution >= 4 is 10.1 Å². The highest BCUT2D eigenvalue weighted by Gasteiger charge is 2.18. The Morgan fingerprint density at radius 1 is 1.23 bits per heavy atom. The SMILES string of the molecule is Cc1cccc(C)c1S(=O)(=O)ON. The average Bonchev–Trinajstić information content (AvgIpc) is 2.03. The van der Waals surface area contributed by atoms with E-state index < -0.39 is 10.1 Å². The van der Waals surface area contributed by atoms with Crippen LogP contribution in [-0.2, 0) is 14.4 Å². The van der Waals surface area contributed by atoms with E-state index in [0.29, 0.717) is 11.1 Å². The largest absolute Gasteiger partial charge is 0.313 e. The molecular weight excluding hydrogens is 190 g/mol. The highest BCUT2D eigenvalue weighted by Crippen LogP contribution is 2.20. The van der Waals surface area contributed by atoms with Gasteiger partial charge in [0.05, 0.1) is 0 Å². The molecule has 1 rings (SSSR count). The van der Waals surface area contributed by atoms with Crippen molar-refractivity contribution < 1.29 is 12.7 Å². The lowest BCUT2D eigenvalue weighted by atomic mass is 10.2. The molecule has 0 atom stereocenters. The molecule has 0 aliphatic rings. The number of benzene rings is 1. The molecule has 0 fully saturated rings. The molecule has 0 aromatic heterocycles. The standard InChI is InChI=1S/C8H11NO3S/c1-6-4-3-5-7(2)8(6)13(10,11)12-9/h3-5H,9H2,1-2H3. The Morgan fingerprint density at radius 2 is 1.69 bits per heavy atom. The van der Waals surface area contributed by atoms with Crippen molar-refractivity contribution in [1.82, 2.24) is 0 Å². The van der Waals surface area contributed by atoms with Crippen molar-refractivity contribution in [1.29, 1.82) is 0 Å². The number of aryl methyl sites for hydroxylation is 2. The van der Waals surface area contributed by atoms with Crippen LogP contribution in [0.4, 0.5) is 0 Å². The first-order valence-electron chi connectivity index (χ1n) is 3.68. The lowest BCUT2D eigenvalue weighted by Crippen LogP contribution is -2.13. The van der Waals surface area contributed by atoms with E-state index in [0.717, 1.165) is 0 Å². The Kier molecular flexibility index (Phi) is 2.70. The second kappa shape index (κ2) is 3.45. The topological polar surface area (TPSA) is 69.4 Å². The first kappa shape index (κ1) is 10.2. The van der Waals surface area contributed by atoms with E-state index in [1.165, 1.54) is 0 Å². The molecule has 5 heteroatoms. The maximum atomic E-state index is 11.3. The molecule has 0 saturated carbocycles. The third kappa shape index (κ3) is 1.88. The van der Waals surface area contributed by atoms with Crippen LogP contribution in [0.5, 0.6) is 0 Å². The molecule has 0 saturated heterocycles. The molecule has 1 aromatic rings. The van der Waals surface area contributed by atoms with Gasteiger partial charge in [-0.05, 0) is 25.0 Å². The van der Waals surface area contributed by atoms with Gasteiger partial charge in [-0.2, -0.15) is 18.6 Å². The maximum absolute atomic E-state index is 11.3. The minimum atomic E-state index is -3.78. The Balaban J connectivity index is 3.46. The van der Waals surface area contributed by atoms with Crippen molar-refractivity contribution in [2.24, 2.45) is 5.90 Å². The lowest BCUT2D eigenvalue weighted by Gasteiger charge is -2.07. The first-order chi connectivity index (χ1) is 5.99. The van der Waals surface area contributed by atoms with Gasteiger partial charge in [-0.25, -0.2) is 0 Å². The zero-order valence-corrected chi connectivity index (χ0v) is 8.26. The van der Waals surface area contributed by atoms with E-state index in [-0.39, 0.29) is 4.90 Å². The lowest BCUT2D eigenvalue weighted by molar-refractivity contribution is 0.332. The quantitative estimate of drug-likeness (QED) is 0.721. The van der Waals surface area contributed by atoms with Crippen LogP contribution in [0, 0.1) is 13.8 Å². The van der Waals surface area contributed by atoms with Crippen LogP contribution in [-0.4, -0.2) is 8.42 Å². The van der Waals surface area contributed by atoms with Gasteiger partial charge in [-0.3, -0.25) is 0 Å². The highest BCUT2D eigenvalue weighted by molar-refractivity contribution is 7.86. The second-order valence-electron chi connectivity index (χ2n) is 2.77. The average molecular weight is 201 g/mol. The molecule has 0 spiro atoms. The van der Waals surface area contributed by atoms with Gasteiger partial charge in [-0.15, -0.1) is 0 Å². The van der Waals surface area contributed by atoms with Crippen LogP contribution < -0.4 is 5.90 Å². The summed E-state index contributed by atoms with van der Waals surface area (Å²) in [5.74, 6) is 4.69. The highest BCUT2D eigenvalue weighted by atomic mass is 32.2. The summed E-state index contributed by atoms with van der Waals surface area (Å²) in [6, 6.07) is 5.16. The van der Waals surface area contributed by atoms with E-state index in [9.17, 15) is 8.42 Å². The molecule has 0 bridgehead atoms. The van der Waals surface area contributed by atoms with E-state index >= 15 is 0 Å². The summed E-state index contributed by atoms with van der Waals surface area (Å²) < 4.78 is 26.5. The van der Waals surface area contributed by atoms with Crippen LogP contribution in [0.2, 0.25) is 0 Å². The van der Waals surface area contributed by atoms with Crippen LogP contribution in [0.1, 0.15) is 11.1 Å². The van der Waals surface area contributed by atoms with E-state index in [4.69, 9.17) is 0 Å². The van der Waals surface area contributed by atoms with Gasteiger partial charge in [0, 0.05) is 0 Å². The van der Waals surface area contributed by atoms with Crippen molar-refractivity contribution in [3.8, 4) is 0 Å². The van der Waals surface area contributed by atoms with Gasteiger partial charge in [0.15, 0.2) is 0 Å². The summed E-state index contributed by atoms with van der Waals surface area (Å²) >= 11 is 0. The molecule has 13 heavy (non-hydrogen) atoms. The van der Waals surface area contributed by atoms with Crippen molar-refractivity contribution in [3.63, 3.8) is 0 Å². The third-order valence-electron chi connectivity index (χ3n) is 1.79. The summed E-state index contributed by atoms with van der Waals surface area (Å²) in [5.41, 5.74) is 1.26. The minimum absolute atomic E-state index is 0.150. The van der Waals surface area contributed by atoms with Gasteiger partial charge in [0.2, 0.25) is 0 Å².